The summed E-state index contributed by atoms with van der Waals surface area (Å²) in [4.78, 5) is 48.7. The molecule has 3 amide bonds. The van der Waals surface area contributed by atoms with Crippen LogP contribution < -0.4 is 5.32 Å². The molecule has 8 heteroatoms. The van der Waals surface area contributed by atoms with Crippen molar-refractivity contribution in [3.63, 3.8) is 0 Å². The highest BCUT2D eigenvalue weighted by molar-refractivity contribution is 6.22. The van der Waals surface area contributed by atoms with Gasteiger partial charge >= 0.3 is 0 Å². The maximum atomic E-state index is 12.5. The summed E-state index contributed by atoms with van der Waals surface area (Å²) in [5, 5.41) is 13.8. The second-order valence-corrected chi connectivity index (χ2v) is 7.71. The SMILES string of the molecule is C[C@H](NC(=O)CN1C(=O)c2ccc([N+](=O)[O-])cc2C1=O)c1ccc2c(c1)CCCC2. The Labute approximate surface area is 173 Å². The van der Waals surface area contributed by atoms with Crippen LogP contribution in [0.3, 0.4) is 0 Å². The minimum atomic E-state index is -0.699. The Morgan fingerprint density at radius 1 is 1.07 bits per heavy atom. The molecule has 1 aliphatic heterocycles. The standard InChI is InChI=1S/C22H21N3O5/c1-13(15-7-6-14-4-2-3-5-16(14)10-15)23-20(26)12-24-21(27)18-9-8-17(25(29)30)11-19(18)22(24)28/h6-11,13H,2-5,12H2,1H3,(H,23,26)/t13-/m0/s1. The van der Waals surface area contributed by atoms with Crippen LogP contribution in [0.5, 0.6) is 0 Å². The number of nitrogens with one attached hydrogen (secondary N) is 1. The highest BCUT2D eigenvalue weighted by Gasteiger charge is 2.38. The van der Waals surface area contributed by atoms with Gasteiger partial charge in [0.05, 0.1) is 22.1 Å². The van der Waals surface area contributed by atoms with Crippen LogP contribution >= 0.6 is 0 Å². The zero-order valence-corrected chi connectivity index (χ0v) is 16.5. The molecule has 2 aliphatic rings. The fourth-order valence-corrected chi connectivity index (χ4v) is 4.07. The van der Waals surface area contributed by atoms with E-state index in [0.717, 1.165) is 35.8 Å². The van der Waals surface area contributed by atoms with Gasteiger partial charge in [-0.1, -0.05) is 18.2 Å². The molecule has 0 aromatic heterocycles. The first-order valence-corrected chi connectivity index (χ1v) is 9.91. The number of nitrogens with zero attached hydrogens (tertiary/aromatic N) is 2. The van der Waals surface area contributed by atoms with E-state index < -0.39 is 29.2 Å². The Balaban J connectivity index is 1.44. The highest BCUT2D eigenvalue weighted by Crippen LogP contribution is 2.27. The van der Waals surface area contributed by atoms with Crippen molar-refractivity contribution in [1.29, 1.82) is 0 Å². The van der Waals surface area contributed by atoms with Gasteiger partial charge in [0.2, 0.25) is 5.91 Å². The van der Waals surface area contributed by atoms with E-state index in [4.69, 9.17) is 0 Å². The van der Waals surface area contributed by atoms with Gasteiger partial charge < -0.3 is 5.32 Å². The van der Waals surface area contributed by atoms with Crippen molar-refractivity contribution in [1.82, 2.24) is 10.2 Å². The van der Waals surface area contributed by atoms with Gasteiger partial charge in [-0.2, -0.15) is 0 Å². The summed E-state index contributed by atoms with van der Waals surface area (Å²) >= 11 is 0. The lowest BCUT2D eigenvalue weighted by atomic mass is 9.89. The molecule has 1 N–H and O–H groups in total. The molecule has 0 saturated carbocycles. The van der Waals surface area contributed by atoms with Gasteiger partial charge in [-0.25, -0.2) is 0 Å². The smallest absolute Gasteiger partial charge is 0.270 e. The molecule has 0 saturated heterocycles. The van der Waals surface area contributed by atoms with Gasteiger partial charge in [0, 0.05) is 12.1 Å². The molecule has 0 spiro atoms. The van der Waals surface area contributed by atoms with Gasteiger partial charge in [-0.15, -0.1) is 0 Å². The number of non-ortho nitro benzene ring substituents is 1. The summed E-state index contributed by atoms with van der Waals surface area (Å²) in [6.45, 7) is 1.42. The third kappa shape index (κ3) is 3.56. The lowest BCUT2D eigenvalue weighted by molar-refractivity contribution is -0.384. The first-order chi connectivity index (χ1) is 14.3. The predicted molar refractivity (Wildman–Crippen MR) is 108 cm³/mol. The fourth-order valence-electron chi connectivity index (χ4n) is 4.07. The van der Waals surface area contributed by atoms with Gasteiger partial charge in [0.15, 0.2) is 0 Å². The number of hydrogen-bond acceptors (Lipinski definition) is 5. The molecule has 0 fully saturated rings. The van der Waals surface area contributed by atoms with Crippen LogP contribution in [0.4, 0.5) is 5.69 Å². The van der Waals surface area contributed by atoms with Crippen molar-refractivity contribution in [2.45, 2.75) is 38.6 Å². The number of nitro groups is 1. The van der Waals surface area contributed by atoms with Crippen LogP contribution in [-0.2, 0) is 17.6 Å². The van der Waals surface area contributed by atoms with Crippen molar-refractivity contribution < 1.29 is 19.3 Å². The summed E-state index contributed by atoms with van der Waals surface area (Å²) in [7, 11) is 0. The van der Waals surface area contributed by atoms with E-state index in [1.165, 1.54) is 29.7 Å². The van der Waals surface area contributed by atoms with Crippen molar-refractivity contribution >= 4 is 23.4 Å². The van der Waals surface area contributed by atoms with Crippen LogP contribution in [-0.4, -0.2) is 34.1 Å². The predicted octanol–water partition coefficient (Wildman–Crippen LogP) is 2.95. The number of nitro benzene ring substituents is 1. The molecule has 8 nitrogen and oxygen atoms in total. The lowest BCUT2D eigenvalue weighted by Crippen LogP contribution is -2.41. The number of rotatable bonds is 5. The Hall–Kier alpha value is -3.55. The normalized spacial score (nSPS) is 16.1. The van der Waals surface area contributed by atoms with Crippen molar-refractivity contribution in [3.8, 4) is 0 Å². The van der Waals surface area contributed by atoms with E-state index >= 15 is 0 Å². The maximum absolute atomic E-state index is 12.5. The molecule has 30 heavy (non-hydrogen) atoms. The third-order valence-corrected chi connectivity index (χ3v) is 5.72. The van der Waals surface area contributed by atoms with Crippen molar-refractivity contribution in [2.24, 2.45) is 0 Å². The van der Waals surface area contributed by atoms with Gasteiger partial charge in [0.1, 0.15) is 6.54 Å². The Bertz CT molecular complexity index is 1080. The summed E-state index contributed by atoms with van der Waals surface area (Å²) in [5.41, 5.74) is 3.38. The summed E-state index contributed by atoms with van der Waals surface area (Å²) < 4.78 is 0. The average molecular weight is 407 g/mol. The number of aryl methyl sites for hydroxylation is 2. The molecular formula is C22H21N3O5. The summed E-state index contributed by atoms with van der Waals surface area (Å²) in [5.74, 6) is -1.79. The Kier molecular flexibility index (Phi) is 5.07. The molecule has 154 valence electrons. The minimum absolute atomic E-state index is 0.0512. The van der Waals surface area contributed by atoms with Crippen LogP contribution in [0.1, 0.15) is 63.2 Å². The summed E-state index contributed by atoms with van der Waals surface area (Å²) in [6, 6.07) is 9.43. The molecule has 0 unspecified atom stereocenters. The maximum Gasteiger partial charge on any atom is 0.270 e. The Morgan fingerprint density at radius 3 is 2.50 bits per heavy atom. The first-order valence-electron chi connectivity index (χ1n) is 9.91. The van der Waals surface area contributed by atoms with E-state index in [0.29, 0.717) is 0 Å². The molecule has 1 atom stereocenters. The molecular weight excluding hydrogens is 386 g/mol. The number of hydrogen-bond donors (Lipinski definition) is 1. The summed E-state index contributed by atoms with van der Waals surface area (Å²) in [6.07, 6.45) is 4.47. The largest absolute Gasteiger partial charge is 0.348 e. The van der Waals surface area contributed by atoms with Gasteiger partial charge in [-0.3, -0.25) is 29.4 Å². The fraction of sp³-hybridized carbons (Fsp3) is 0.318. The number of carbonyl (C=O) groups is 3. The lowest BCUT2D eigenvalue weighted by Gasteiger charge is -2.21. The van der Waals surface area contributed by atoms with Gasteiger partial charge in [-0.05, 0) is 55.4 Å². The number of fused-ring (bicyclic) bond motifs is 2. The van der Waals surface area contributed by atoms with Gasteiger partial charge in [0.25, 0.3) is 17.5 Å². The quantitative estimate of drug-likeness (QED) is 0.466. The second kappa shape index (κ2) is 7.70. The molecule has 1 aliphatic carbocycles. The zero-order chi connectivity index (χ0) is 21.4. The van der Waals surface area contributed by atoms with Crippen molar-refractivity contribution in [3.05, 3.63) is 74.3 Å². The molecule has 2 aromatic carbocycles. The van der Waals surface area contributed by atoms with Crippen molar-refractivity contribution in [2.75, 3.05) is 6.54 Å². The number of amides is 3. The van der Waals surface area contributed by atoms with E-state index in [-0.39, 0.29) is 22.9 Å². The topological polar surface area (TPSA) is 110 Å². The molecule has 0 bridgehead atoms. The van der Waals surface area contributed by atoms with Crippen LogP contribution in [0.15, 0.2) is 36.4 Å². The average Bonchev–Trinajstić information content (AvgIpc) is 2.97. The zero-order valence-electron chi connectivity index (χ0n) is 16.5. The van der Waals surface area contributed by atoms with E-state index in [1.807, 2.05) is 13.0 Å². The number of carbonyl (C=O) groups excluding carboxylic acids is 3. The highest BCUT2D eigenvalue weighted by atomic mass is 16.6. The first kappa shape index (κ1) is 19.8. The van der Waals surface area contributed by atoms with E-state index in [2.05, 4.69) is 17.4 Å². The van der Waals surface area contributed by atoms with Crippen LogP contribution in [0.25, 0.3) is 0 Å². The number of imide groups is 1. The molecule has 4 rings (SSSR count). The number of benzene rings is 2. The second-order valence-electron chi connectivity index (χ2n) is 7.71. The third-order valence-electron chi connectivity index (χ3n) is 5.72. The monoisotopic (exact) mass is 407 g/mol. The molecule has 1 heterocycles. The van der Waals surface area contributed by atoms with E-state index in [1.54, 1.807) is 0 Å². The van der Waals surface area contributed by atoms with E-state index in [9.17, 15) is 24.5 Å². The Morgan fingerprint density at radius 2 is 1.77 bits per heavy atom. The minimum Gasteiger partial charge on any atom is -0.348 e. The molecule has 0 radical (unpaired) electrons. The van der Waals surface area contributed by atoms with Crippen LogP contribution in [0.2, 0.25) is 0 Å². The van der Waals surface area contributed by atoms with Crippen LogP contribution in [0, 0.1) is 10.1 Å². The molecule has 2 aromatic rings.